The zero-order chi connectivity index (χ0) is 10.7. The summed E-state index contributed by atoms with van der Waals surface area (Å²) in [6, 6.07) is 7.44. The number of nitrogens with zero attached hydrogens (tertiary/aromatic N) is 3. The van der Waals surface area contributed by atoms with E-state index >= 15 is 0 Å². The highest BCUT2D eigenvalue weighted by atomic mass is 32.2. The maximum atomic E-state index is 5.77. The zero-order valence-electron chi connectivity index (χ0n) is 8.21. The normalized spacial score (nSPS) is 10.2. The largest absolute Gasteiger partial charge is 0.397 e. The van der Waals surface area contributed by atoms with Crippen LogP contribution < -0.4 is 5.73 Å². The van der Waals surface area contributed by atoms with Crippen LogP contribution in [0.3, 0.4) is 0 Å². The Labute approximate surface area is 91.9 Å². The van der Waals surface area contributed by atoms with Crippen molar-refractivity contribution in [3.8, 4) is 0 Å². The average molecular weight is 218 g/mol. The summed E-state index contributed by atoms with van der Waals surface area (Å²) in [4.78, 5) is 4.17. The Bertz CT molecular complexity index is 455. The zero-order valence-corrected chi connectivity index (χ0v) is 9.03. The molecule has 2 N–H and O–H groups in total. The second kappa shape index (κ2) is 4.27. The van der Waals surface area contributed by atoms with Gasteiger partial charge in [0.25, 0.3) is 0 Å². The van der Waals surface area contributed by atoms with Gasteiger partial charge in [-0.3, -0.25) is 0 Å². The van der Waals surface area contributed by atoms with Crippen molar-refractivity contribution in [1.82, 2.24) is 15.2 Å². The maximum absolute atomic E-state index is 5.77. The SMILES string of the molecule is Cc1ccc(Sc2ncccc2N)nn1. The molecular formula is C10H10N4S. The standard InChI is InChI=1S/C10H10N4S/c1-7-4-5-9(14-13-7)15-10-8(11)3-2-6-12-10/h2-6H,11H2,1H3. The summed E-state index contributed by atoms with van der Waals surface area (Å²) in [5.41, 5.74) is 7.32. The van der Waals surface area contributed by atoms with E-state index in [0.29, 0.717) is 5.69 Å². The lowest BCUT2D eigenvalue weighted by Crippen LogP contribution is -1.92. The third-order valence-corrected chi connectivity index (χ3v) is 2.74. The molecule has 0 radical (unpaired) electrons. The van der Waals surface area contributed by atoms with Gasteiger partial charge >= 0.3 is 0 Å². The molecule has 2 aromatic heterocycles. The monoisotopic (exact) mass is 218 g/mol. The summed E-state index contributed by atoms with van der Waals surface area (Å²) in [7, 11) is 0. The first-order chi connectivity index (χ1) is 7.25. The number of hydrogen-bond donors (Lipinski definition) is 1. The highest BCUT2D eigenvalue weighted by Crippen LogP contribution is 2.27. The van der Waals surface area contributed by atoms with Crippen LogP contribution in [0.5, 0.6) is 0 Å². The first kappa shape index (κ1) is 9.92. The van der Waals surface area contributed by atoms with E-state index in [-0.39, 0.29) is 0 Å². The fourth-order valence-corrected chi connectivity index (χ4v) is 1.74. The quantitative estimate of drug-likeness (QED) is 0.834. The fraction of sp³-hybridized carbons (Fsp3) is 0.100. The molecule has 0 aromatic carbocycles. The smallest absolute Gasteiger partial charge is 0.125 e. The molecule has 0 spiro atoms. The van der Waals surface area contributed by atoms with E-state index in [1.807, 2.05) is 25.1 Å². The summed E-state index contributed by atoms with van der Waals surface area (Å²) in [5.74, 6) is 0. The molecule has 0 aliphatic carbocycles. The third-order valence-electron chi connectivity index (χ3n) is 1.78. The molecule has 2 aromatic rings. The number of aromatic nitrogens is 3. The summed E-state index contributed by atoms with van der Waals surface area (Å²) < 4.78 is 0. The third kappa shape index (κ3) is 2.44. The van der Waals surface area contributed by atoms with Crippen LogP contribution in [0.2, 0.25) is 0 Å². The van der Waals surface area contributed by atoms with Gasteiger partial charge in [0.1, 0.15) is 10.1 Å². The molecule has 0 atom stereocenters. The molecule has 0 unspecified atom stereocenters. The summed E-state index contributed by atoms with van der Waals surface area (Å²) in [5, 5.41) is 9.55. The maximum Gasteiger partial charge on any atom is 0.125 e. The second-order valence-corrected chi connectivity index (χ2v) is 4.02. The average Bonchev–Trinajstić information content (AvgIpc) is 2.25. The van der Waals surface area contributed by atoms with E-state index in [1.54, 1.807) is 12.3 Å². The Balaban J connectivity index is 2.22. The molecule has 0 saturated carbocycles. The molecule has 0 saturated heterocycles. The molecule has 2 rings (SSSR count). The second-order valence-electron chi connectivity index (χ2n) is 3.01. The van der Waals surface area contributed by atoms with E-state index in [4.69, 9.17) is 5.73 Å². The van der Waals surface area contributed by atoms with Crippen molar-refractivity contribution in [2.24, 2.45) is 0 Å². The Morgan fingerprint density at radius 1 is 1.20 bits per heavy atom. The molecule has 5 heteroatoms. The van der Waals surface area contributed by atoms with Crippen molar-refractivity contribution >= 4 is 17.4 Å². The number of hydrogen-bond acceptors (Lipinski definition) is 5. The molecule has 0 aliphatic rings. The highest BCUT2D eigenvalue weighted by Gasteiger charge is 2.03. The highest BCUT2D eigenvalue weighted by molar-refractivity contribution is 7.99. The van der Waals surface area contributed by atoms with Gasteiger partial charge in [-0.1, -0.05) is 0 Å². The molecule has 0 amide bonds. The van der Waals surface area contributed by atoms with Gasteiger partial charge in [0.2, 0.25) is 0 Å². The van der Waals surface area contributed by atoms with E-state index in [1.165, 1.54) is 11.8 Å². The van der Waals surface area contributed by atoms with Crippen molar-refractivity contribution in [2.75, 3.05) is 5.73 Å². The lowest BCUT2D eigenvalue weighted by molar-refractivity contribution is 0.894. The summed E-state index contributed by atoms with van der Waals surface area (Å²) in [6.07, 6.45) is 1.71. The van der Waals surface area contributed by atoms with Crippen LogP contribution in [0, 0.1) is 6.92 Å². The lowest BCUT2D eigenvalue weighted by atomic mass is 10.4. The molecular weight excluding hydrogens is 208 g/mol. The van der Waals surface area contributed by atoms with Crippen molar-refractivity contribution < 1.29 is 0 Å². The van der Waals surface area contributed by atoms with Crippen LogP contribution in [-0.4, -0.2) is 15.2 Å². The van der Waals surface area contributed by atoms with Gasteiger partial charge in [-0.25, -0.2) is 4.98 Å². The van der Waals surface area contributed by atoms with E-state index < -0.39 is 0 Å². The number of pyridine rings is 1. The van der Waals surface area contributed by atoms with Crippen molar-refractivity contribution in [1.29, 1.82) is 0 Å². The first-order valence-corrected chi connectivity index (χ1v) is 5.26. The van der Waals surface area contributed by atoms with E-state index in [2.05, 4.69) is 15.2 Å². The van der Waals surface area contributed by atoms with Crippen molar-refractivity contribution in [3.63, 3.8) is 0 Å². The van der Waals surface area contributed by atoms with Gasteiger partial charge < -0.3 is 5.73 Å². The van der Waals surface area contributed by atoms with Crippen LogP contribution in [0.1, 0.15) is 5.69 Å². The van der Waals surface area contributed by atoms with Crippen LogP contribution >= 0.6 is 11.8 Å². The van der Waals surface area contributed by atoms with E-state index in [9.17, 15) is 0 Å². The topological polar surface area (TPSA) is 64.7 Å². The first-order valence-electron chi connectivity index (χ1n) is 4.44. The predicted octanol–water partition coefficient (Wildman–Crippen LogP) is 1.91. The van der Waals surface area contributed by atoms with Crippen LogP contribution in [0.15, 0.2) is 40.5 Å². The minimum Gasteiger partial charge on any atom is -0.397 e. The van der Waals surface area contributed by atoms with Gasteiger partial charge in [0, 0.05) is 6.20 Å². The van der Waals surface area contributed by atoms with Crippen LogP contribution in [-0.2, 0) is 0 Å². The molecule has 4 nitrogen and oxygen atoms in total. The minimum atomic E-state index is 0.657. The van der Waals surface area contributed by atoms with Crippen molar-refractivity contribution in [2.45, 2.75) is 17.0 Å². The van der Waals surface area contributed by atoms with Gasteiger partial charge in [-0.15, -0.1) is 5.10 Å². The number of rotatable bonds is 2. The Hall–Kier alpha value is -1.62. The number of nitrogens with two attached hydrogens (primary N) is 1. The van der Waals surface area contributed by atoms with Gasteiger partial charge in [-0.05, 0) is 43.0 Å². The Kier molecular flexibility index (Phi) is 2.82. The van der Waals surface area contributed by atoms with E-state index in [0.717, 1.165) is 15.7 Å². The van der Waals surface area contributed by atoms with Gasteiger partial charge in [0.05, 0.1) is 11.4 Å². The molecule has 15 heavy (non-hydrogen) atoms. The molecule has 2 heterocycles. The van der Waals surface area contributed by atoms with Crippen LogP contribution in [0.25, 0.3) is 0 Å². The Morgan fingerprint density at radius 3 is 2.73 bits per heavy atom. The van der Waals surface area contributed by atoms with Crippen molar-refractivity contribution in [3.05, 3.63) is 36.2 Å². The number of nitrogen functional groups attached to an aromatic ring is 1. The van der Waals surface area contributed by atoms with Gasteiger partial charge in [0.15, 0.2) is 0 Å². The van der Waals surface area contributed by atoms with Crippen LogP contribution in [0.4, 0.5) is 5.69 Å². The van der Waals surface area contributed by atoms with Gasteiger partial charge in [-0.2, -0.15) is 5.10 Å². The Morgan fingerprint density at radius 2 is 2.07 bits per heavy atom. The lowest BCUT2D eigenvalue weighted by Gasteiger charge is -2.02. The summed E-state index contributed by atoms with van der Waals surface area (Å²) in [6.45, 7) is 1.90. The number of aryl methyl sites for hydroxylation is 1. The molecule has 76 valence electrons. The number of anilines is 1. The molecule has 0 bridgehead atoms. The molecule has 0 fully saturated rings. The summed E-state index contributed by atoms with van der Waals surface area (Å²) >= 11 is 1.41. The minimum absolute atomic E-state index is 0.657. The predicted molar refractivity (Wildman–Crippen MR) is 59.5 cm³/mol. The molecule has 0 aliphatic heterocycles. The fourth-order valence-electron chi connectivity index (χ4n) is 1.03.